The zero-order chi connectivity index (χ0) is 12.3. The first-order valence-corrected chi connectivity index (χ1v) is 6.35. The predicted molar refractivity (Wildman–Crippen MR) is 69.6 cm³/mol. The Hall–Kier alpha value is -0.900. The maximum absolute atomic E-state index is 5.70. The Labute approximate surface area is 103 Å². The van der Waals surface area contributed by atoms with E-state index in [0.717, 1.165) is 19.4 Å². The summed E-state index contributed by atoms with van der Waals surface area (Å²) in [6, 6.07) is 6.70. The van der Waals surface area contributed by atoms with Gasteiger partial charge in [0.1, 0.15) is 0 Å². The van der Waals surface area contributed by atoms with Crippen LogP contribution in [0, 0.1) is 13.8 Å². The molecule has 2 atom stereocenters. The molecule has 0 spiro atoms. The molecule has 3 N–H and O–H groups in total. The van der Waals surface area contributed by atoms with Crippen LogP contribution in [0.4, 0.5) is 0 Å². The largest absolute Gasteiger partial charge is 0.378 e. The highest BCUT2D eigenvalue weighted by Gasteiger charge is 2.22. The number of ether oxygens (including phenoxy) is 1. The molecule has 2 rings (SSSR count). The van der Waals surface area contributed by atoms with E-state index in [1.807, 2.05) is 0 Å². The summed E-state index contributed by atoms with van der Waals surface area (Å²) in [4.78, 5) is 0. The van der Waals surface area contributed by atoms with Gasteiger partial charge in [-0.2, -0.15) is 0 Å². The van der Waals surface area contributed by atoms with Crippen molar-refractivity contribution in [2.45, 2.75) is 45.3 Å². The summed E-state index contributed by atoms with van der Waals surface area (Å²) in [5.74, 6) is 5.70. The van der Waals surface area contributed by atoms with Crippen LogP contribution in [-0.4, -0.2) is 12.7 Å². The van der Waals surface area contributed by atoms with Crippen LogP contribution >= 0.6 is 0 Å². The topological polar surface area (TPSA) is 47.3 Å². The van der Waals surface area contributed by atoms with E-state index in [-0.39, 0.29) is 6.04 Å². The molecule has 0 amide bonds. The number of hydrogen-bond acceptors (Lipinski definition) is 3. The summed E-state index contributed by atoms with van der Waals surface area (Å²) < 4.78 is 5.68. The van der Waals surface area contributed by atoms with Crippen molar-refractivity contribution in [1.82, 2.24) is 5.43 Å². The van der Waals surface area contributed by atoms with Gasteiger partial charge in [0.05, 0.1) is 6.10 Å². The van der Waals surface area contributed by atoms with Crippen LogP contribution in [-0.2, 0) is 4.74 Å². The molecule has 0 radical (unpaired) electrons. The molecule has 1 aliphatic rings. The highest BCUT2D eigenvalue weighted by molar-refractivity contribution is 5.33. The van der Waals surface area contributed by atoms with E-state index in [1.54, 1.807) is 0 Å². The van der Waals surface area contributed by atoms with Crippen LogP contribution in [0.3, 0.4) is 0 Å². The molecular weight excluding hydrogens is 212 g/mol. The number of rotatable bonds is 4. The Morgan fingerprint density at radius 3 is 2.94 bits per heavy atom. The summed E-state index contributed by atoms with van der Waals surface area (Å²) in [7, 11) is 0. The van der Waals surface area contributed by atoms with E-state index < -0.39 is 0 Å². The first kappa shape index (κ1) is 12.6. The lowest BCUT2D eigenvalue weighted by molar-refractivity contribution is 0.0945. The highest BCUT2D eigenvalue weighted by Crippen LogP contribution is 2.27. The first-order chi connectivity index (χ1) is 8.20. The molecule has 0 aliphatic carbocycles. The average molecular weight is 234 g/mol. The van der Waals surface area contributed by atoms with Crippen LogP contribution in [0.25, 0.3) is 0 Å². The van der Waals surface area contributed by atoms with Gasteiger partial charge in [0.15, 0.2) is 0 Å². The van der Waals surface area contributed by atoms with Crippen molar-refractivity contribution in [3.8, 4) is 0 Å². The summed E-state index contributed by atoms with van der Waals surface area (Å²) in [5, 5.41) is 0. The number of hydrazine groups is 1. The second kappa shape index (κ2) is 5.63. The van der Waals surface area contributed by atoms with Crippen molar-refractivity contribution in [2.24, 2.45) is 5.84 Å². The molecule has 3 heteroatoms. The maximum atomic E-state index is 5.70. The number of nitrogens with one attached hydrogen (secondary N) is 1. The van der Waals surface area contributed by atoms with Gasteiger partial charge in [-0.05, 0) is 44.2 Å². The number of hydrogen-bond donors (Lipinski definition) is 2. The maximum Gasteiger partial charge on any atom is 0.0594 e. The normalized spacial score (nSPS) is 21.7. The Morgan fingerprint density at radius 1 is 1.47 bits per heavy atom. The van der Waals surface area contributed by atoms with Gasteiger partial charge in [-0.25, -0.2) is 0 Å². The second-order valence-electron chi connectivity index (χ2n) is 4.95. The fourth-order valence-electron chi connectivity index (χ4n) is 2.51. The molecule has 94 valence electrons. The average Bonchev–Trinajstić information content (AvgIpc) is 2.82. The molecule has 1 aromatic carbocycles. The minimum atomic E-state index is 0.193. The molecule has 0 bridgehead atoms. The third kappa shape index (κ3) is 3.06. The molecule has 2 unspecified atom stereocenters. The summed E-state index contributed by atoms with van der Waals surface area (Å²) >= 11 is 0. The number of aryl methyl sites for hydroxylation is 2. The van der Waals surface area contributed by atoms with Crippen LogP contribution in [0.2, 0.25) is 0 Å². The second-order valence-corrected chi connectivity index (χ2v) is 4.95. The monoisotopic (exact) mass is 234 g/mol. The van der Waals surface area contributed by atoms with Gasteiger partial charge >= 0.3 is 0 Å². The number of nitrogens with two attached hydrogens (primary N) is 1. The molecule has 17 heavy (non-hydrogen) atoms. The van der Waals surface area contributed by atoms with Gasteiger partial charge in [0, 0.05) is 12.6 Å². The minimum absolute atomic E-state index is 0.193. The van der Waals surface area contributed by atoms with Crippen molar-refractivity contribution >= 4 is 0 Å². The molecule has 1 aliphatic heterocycles. The lowest BCUT2D eigenvalue weighted by Gasteiger charge is -2.22. The van der Waals surface area contributed by atoms with Gasteiger partial charge in [-0.1, -0.05) is 23.8 Å². The SMILES string of the molecule is Cc1ccc(C)c(C(CC2CCCO2)NN)c1. The van der Waals surface area contributed by atoms with Gasteiger partial charge in [-0.3, -0.25) is 11.3 Å². The van der Waals surface area contributed by atoms with Crippen molar-refractivity contribution in [3.05, 3.63) is 34.9 Å². The smallest absolute Gasteiger partial charge is 0.0594 e. The predicted octanol–water partition coefficient (Wildman–Crippen LogP) is 2.38. The van der Waals surface area contributed by atoms with E-state index in [9.17, 15) is 0 Å². The van der Waals surface area contributed by atoms with E-state index >= 15 is 0 Å². The van der Waals surface area contributed by atoms with E-state index in [0.29, 0.717) is 6.10 Å². The van der Waals surface area contributed by atoms with Crippen molar-refractivity contribution in [2.75, 3.05) is 6.61 Å². The zero-order valence-corrected chi connectivity index (χ0v) is 10.7. The van der Waals surface area contributed by atoms with Crippen molar-refractivity contribution in [1.29, 1.82) is 0 Å². The fourth-order valence-corrected chi connectivity index (χ4v) is 2.51. The lowest BCUT2D eigenvalue weighted by atomic mass is 9.94. The molecule has 1 saturated heterocycles. The summed E-state index contributed by atoms with van der Waals surface area (Å²) in [6.45, 7) is 5.14. The Kier molecular flexibility index (Phi) is 4.15. The molecule has 1 aromatic rings. The lowest BCUT2D eigenvalue weighted by Crippen LogP contribution is -2.31. The van der Waals surface area contributed by atoms with Crippen LogP contribution < -0.4 is 11.3 Å². The molecule has 0 aromatic heterocycles. The van der Waals surface area contributed by atoms with Crippen molar-refractivity contribution in [3.63, 3.8) is 0 Å². The standard InChI is InChI=1S/C14H22N2O/c1-10-5-6-11(2)13(8-10)14(16-15)9-12-4-3-7-17-12/h5-6,8,12,14,16H,3-4,7,9,15H2,1-2H3. The summed E-state index contributed by atoms with van der Waals surface area (Å²) in [6.07, 6.45) is 3.65. The third-order valence-electron chi connectivity index (χ3n) is 3.53. The van der Waals surface area contributed by atoms with Gasteiger partial charge in [0.25, 0.3) is 0 Å². The molecular formula is C14H22N2O. The number of benzene rings is 1. The van der Waals surface area contributed by atoms with E-state index in [1.165, 1.54) is 23.1 Å². The van der Waals surface area contributed by atoms with Crippen LogP contribution in [0.5, 0.6) is 0 Å². The first-order valence-electron chi connectivity index (χ1n) is 6.35. The van der Waals surface area contributed by atoms with Crippen LogP contribution in [0.15, 0.2) is 18.2 Å². The van der Waals surface area contributed by atoms with E-state index in [2.05, 4.69) is 37.5 Å². The Morgan fingerprint density at radius 2 is 2.29 bits per heavy atom. The van der Waals surface area contributed by atoms with Gasteiger partial charge < -0.3 is 4.74 Å². The third-order valence-corrected chi connectivity index (χ3v) is 3.53. The Bertz CT molecular complexity index is 372. The highest BCUT2D eigenvalue weighted by atomic mass is 16.5. The molecule has 3 nitrogen and oxygen atoms in total. The molecule has 0 saturated carbocycles. The minimum Gasteiger partial charge on any atom is -0.378 e. The molecule has 1 fully saturated rings. The van der Waals surface area contributed by atoms with Crippen LogP contribution in [0.1, 0.15) is 42.0 Å². The quantitative estimate of drug-likeness (QED) is 0.621. The summed E-state index contributed by atoms with van der Waals surface area (Å²) in [5.41, 5.74) is 6.79. The molecule has 1 heterocycles. The van der Waals surface area contributed by atoms with Gasteiger partial charge in [-0.15, -0.1) is 0 Å². The zero-order valence-electron chi connectivity index (χ0n) is 10.7. The fraction of sp³-hybridized carbons (Fsp3) is 0.571. The Balaban J connectivity index is 2.13. The van der Waals surface area contributed by atoms with Gasteiger partial charge in [0.2, 0.25) is 0 Å². The van der Waals surface area contributed by atoms with E-state index in [4.69, 9.17) is 10.6 Å². The van der Waals surface area contributed by atoms with Crippen molar-refractivity contribution < 1.29 is 4.74 Å².